The highest BCUT2D eigenvalue weighted by molar-refractivity contribution is 9.10. The topological polar surface area (TPSA) is 39.7 Å². The van der Waals surface area contributed by atoms with Crippen LogP contribution in [-0.2, 0) is 6.42 Å². The first-order chi connectivity index (χ1) is 11.3. The molecule has 2 heterocycles. The predicted molar refractivity (Wildman–Crippen MR) is 91.7 cm³/mol. The van der Waals surface area contributed by atoms with Crippen LogP contribution in [-0.4, -0.2) is 26.9 Å². The van der Waals surface area contributed by atoms with Crippen LogP contribution in [0.3, 0.4) is 0 Å². The summed E-state index contributed by atoms with van der Waals surface area (Å²) in [5, 5.41) is 3.60. The maximum Gasteiger partial charge on any atom is 0.161 e. The molecule has 4 nitrogen and oxygen atoms in total. The van der Waals surface area contributed by atoms with Crippen molar-refractivity contribution >= 4 is 15.9 Å². The third-order valence-electron chi connectivity index (χ3n) is 4.36. The van der Waals surface area contributed by atoms with Crippen LogP contribution in [0.15, 0.2) is 34.8 Å². The Morgan fingerprint density at radius 3 is 2.65 bits per heavy atom. The Morgan fingerprint density at radius 1 is 1.09 bits per heavy atom. The van der Waals surface area contributed by atoms with Gasteiger partial charge in [-0.3, -0.25) is 0 Å². The first kappa shape index (κ1) is 14.8. The molecule has 1 N–H and O–H groups in total. The highest BCUT2D eigenvalue weighted by Gasteiger charge is 2.27. The molecule has 120 valence electrons. The van der Waals surface area contributed by atoms with Gasteiger partial charge >= 0.3 is 0 Å². The summed E-state index contributed by atoms with van der Waals surface area (Å²) in [6, 6.07) is 10.4. The molecule has 0 radical (unpaired) electrons. The van der Waals surface area contributed by atoms with Crippen molar-refractivity contribution < 1.29 is 14.2 Å². The van der Waals surface area contributed by atoms with Gasteiger partial charge in [0.2, 0.25) is 0 Å². The van der Waals surface area contributed by atoms with Crippen LogP contribution in [0.4, 0.5) is 0 Å². The fourth-order valence-corrected chi connectivity index (χ4v) is 3.68. The van der Waals surface area contributed by atoms with Gasteiger partial charge in [0.1, 0.15) is 19.0 Å². The summed E-state index contributed by atoms with van der Waals surface area (Å²) in [5.74, 6) is 2.57. The van der Waals surface area contributed by atoms with Gasteiger partial charge < -0.3 is 19.5 Å². The van der Waals surface area contributed by atoms with Crippen LogP contribution in [0.1, 0.15) is 22.7 Å². The zero-order chi connectivity index (χ0) is 15.8. The van der Waals surface area contributed by atoms with Gasteiger partial charge in [0.05, 0.1) is 13.2 Å². The molecule has 23 heavy (non-hydrogen) atoms. The van der Waals surface area contributed by atoms with E-state index in [1.807, 2.05) is 12.1 Å². The Bertz CT molecular complexity index is 747. The van der Waals surface area contributed by atoms with Gasteiger partial charge in [-0.1, -0.05) is 15.9 Å². The van der Waals surface area contributed by atoms with Crippen molar-refractivity contribution in [2.24, 2.45) is 0 Å². The van der Waals surface area contributed by atoms with Gasteiger partial charge in [-0.25, -0.2) is 0 Å². The highest BCUT2D eigenvalue weighted by Crippen LogP contribution is 2.41. The van der Waals surface area contributed by atoms with Crippen molar-refractivity contribution in [2.75, 3.05) is 26.9 Å². The fraction of sp³-hybridized carbons (Fsp3) is 0.333. The second-order valence-corrected chi connectivity index (χ2v) is 6.63. The summed E-state index contributed by atoms with van der Waals surface area (Å²) in [5.41, 5.74) is 3.66. The Hall–Kier alpha value is -1.72. The molecule has 0 spiro atoms. The van der Waals surface area contributed by atoms with Crippen molar-refractivity contribution in [3.05, 3.63) is 51.5 Å². The quantitative estimate of drug-likeness (QED) is 0.872. The van der Waals surface area contributed by atoms with E-state index in [-0.39, 0.29) is 6.04 Å². The molecular formula is C18H18BrNO3. The molecule has 0 fully saturated rings. The lowest BCUT2D eigenvalue weighted by Crippen LogP contribution is -2.31. The van der Waals surface area contributed by atoms with Crippen molar-refractivity contribution in [1.29, 1.82) is 0 Å². The molecule has 0 bridgehead atoms. The standard InChI is InChI=1S/C18H18BrNO3/c1-21-15-3-2-12(19)9-14(15)18-13-10-17-16(22-6-7-23-17)8-11(13)4-5-20-18/h2-3,8-10,18,20H,4-7H2,1H3. The minimum absolute atomic E-state index is 0.0852. The zero-order valence-corrected chi connectivity index (χ0v) is 14.5. The molecule has 5 heteroatoms. The molecule has 0 saturated heterocycles. The summed E-state index contributed by atoms with van der Waals surface area (Å²) in [6.07, 6.45) is 0.985. The average Bonchev–Trinajstić information content (AvgIpc) is 2.59. The summed E-state index contributed by atoms with van der Waals surface area (Å²) in [6.45, 7) is 2.14. The van der Waals surface area contributed by atoms with E-state index in [0.29, 0.717) is 13.2 Å². The van der Waals surface area contributed by atoms with E-state index in [1.165, 1.54) is 11.1 Å². The van der Waals surface area contributed by atoms with E-state index in [1.54, 1.807) is 7.11 Å². The van der Waals surface area contributed by atoms with Gasteiger partial charge in [0, 0.05) is 16.6 Å². The van der Waals surface area contributed by atoms with E-state index in [0.717, 1.165) is 40.3 Å². The second kappa shape index (κ2) is 6.06. The van der Waals surface area contributed by atoms with Gasteiger partial charge in [-0.2, -0.15) is 0 Å². The maximum atomic E-state index is 5.76. The monoisotopic (exact) mass is 375 g/mol. The van der Waals surface area contributed by atoms with E-state index < -0.39 is 0 Å². The largest absolute Gasteiger partial charge is 0.496 e. The normalized spacial score (nSPS) is 19.1. The maximum absolute atomic E-state index is 5.76. The van der Waals surface area contributed by atoms with Crippen LogP contribution in [0.25, 0.3) is 0 Å². The second-order valence-electron chi connectivity index (χ2n) is 5.72. The average molecular weight is 376 g/mol. The van der Waals surface area contributed by atoms with E-state index >= 15 is 0 Å². The molecule has 2 aromatic carbocycles. The lowest BCUT2D eigenvalue weighted by Gasteiger charge is -2.30. The molecule has 0 aromatic heterocycles. The number of rotatable bonds is 2. The minimum atomic E-state index is 0.0852. The van der Waals surface area contributed by atoms with Crippen LogP contribution in [0.2, 0.25) is 0 Å². The van der Waals surface area contributed by atoms with Gasteiger partial charge in [0.25, 0.3) is 0 Å². The molecule has 1 atom stereocenters. The molecule has 0 aliphatic carbocycles. The number of hydrogen-bond donors (Lipinski definition) is 1. The third-order valence-corrected chi connectivity index (χ3v) is 4.85. The summed E-state index contributed by atoms with van der Waals surface area (Å²) in [7, 11) is 1.71. The lowest BCUT2D eigenvalue weighted by atomic mass is 9.89. The fourth-order valence-electron chi connectivity index (χ4n) is 3.30. The Balaban J connectivity index is 1.83. The van der Waals surface area contributed by atoms with Gasteiger partial charge in [-0.05, 0) is 47.9 Å². The number of halogens is 1. The number of benzene rings is 2. The van der Waals surface area contributed by atoms with Gasteiger partial charge in [0.15, 0.2) is 11.5 Å². The highest BCUT2D eigenvalue weighted by atomic mass is 79.9. The smallest absolute Gasteiger partial charge is 0.161 e. The summed E-state index contributed by atoms with van der Waals surface area (Å²) in [4.78, 5) is 0. The molecule has 2 aliphatic rings. The molecule has 0 amide bonds. The number of ether oxygens (including phenoxy) is 3. The molecule has 2 aliphatic heterocycles. The van der Waals surface area contributed by atoms with E-state index in [4.69, 9.17) is 14.2 Å². The molecule has 4 rings (SSSR count). The molecule has 0 saturated carbocycles. The van der Waals surface area contributed by atoms with Crippen LogP contribution < -0.4 is 19.5 Å². The first-order valence-corrected chi connectivity index (χ1v) is 8.55. The number of methoxy groups -OCH3 is 1. The van der Waals surface area contributed by atoms with Crippen LogP contribution in [0, 0.1) is 0 Å². The van der Waals surface area contributed by atoms with Crippen LogP contribution >= 0.6 is 15.9 Å². The number of hydrogen-bond acceptors (Lipinski definition) is 4. The van der Waals surface area contributed by atoms with Crippen molar-refractivity contribution in [3.63, 3.8) is 0 Å². The number of fused-ring (bicyclic) bond motifs is 2. The van der Waals surface area contributed by atoms with Crippen molar-refractivity contribution in [3.8, 4) is 17.2 Å². The Morgan fingerprint density at radius 2 is 1.87 bits per heavy atom. The molecular weight excluding hydrogens is 358 g/mol. The molecule has 1 unspecified atom stereocenters. The Kier molecular flexibility index (Phi) is 3.91. The zero-order valence-electron chi connectivity index (χ0n) is 12.9. The predicted octanol–water partition coefficient (Wildman–Crippen LogP) is 3.46. The van der Waals surface area contributed by atoms with Crippen LogP contribution in [0.5, 0.6) is 17.2 Å². The first-order valence-electron chi connectivity index (χ1n) is 7.75. The van der Waals surface area contributed by atoms with E-state index in [9.17, 15) is 0 Å². The van der Waals surface area contributed by atoms with Gasteiger partial charge in [-0.15, -0.1) is 0 Å². The summed E-state index contributed by atoms with van der Waals surface area (Å²) < 4.78 is 18.1. The minimum Gasteiger partial charge on any atom is -0.496 e. The SMILES string of the molecule is COc1ccc(Br)cc1C1NCCc2cc3c(cc21)OCCO3. The van der Waals surface area contributed by atoms with Crippen molar-refractivity contribution in [1.82, 2.24) is 5.32 Å². The Labute approximate surface area is 143 Å². The number of nitrogens with one attached hydrogen (secondary N) is 1. The van der Waals surface area contributed by atoms with E-state index in [2.05, 4.69) is 39.4 Å². The third kappa shape index (κ3) is 2.68. The summed E-state index contributed by atoms with van der Waals surface area (Å²) >= 11 is 3.56. The molecule has 2 aromatic rings. The lowest BCUT2D eigenvalue weighted by molar-refractivity contribution is 0.171. The van der Waals surface area contributed by atoms with Crippen molar-refractivity contribution in [2.45, 2.75) is 12.5 Å².